The van der Waals surface area contributed by atoms with Gasteiger partial charge >= 0.3 is 5.97 Å². The number of rotatable bonds is 15. The molecule has 0 spiro atoms. The van der Waals surface area contributed by atoms with Gasteiger partial charge in [-0.2, -0.15) is 5.11 Å². The first kappa shape index (κ1) is 37.5. The molecule has 0 aliphatic heterocycles. The number of halogens is 5. The number of unbranched alkanes of at least 4 members (excludes halogenated alkanes) is 2. The lowest BCUT2D eigenvalue weighted by Gasteiger charge is -2.24. The molecule has 0 aromatic heterocycles. The van der Waals surface area contributed by atoms with Crippen LogP contribution in [-0.4, -0.2) is 37.2 Å². The first-order valence-corrected chi connectivity index (χ1v) is 15.4. The number of nitro benzene ring substituents is 1. The number of esters is 1. The number of anilines is 1. The van der Waals surface area contributed by atoms with Crippen LogP contribution >= 0.6 is 0 Å². The SMILES string of the molecule is C#CCCCN(CCCC#Cc1ccccc1)c1ccc(N=Nc2ccc([N+](=O)[O-])cc2OCCOC(=O)c2c(F)c(F)c(F)c(F)c2F)cc1. The van der Waals surface area contributed by atoms with Gasteiger partial charge in [0.2, 0.25) is 5.82 Å². The number of nitro groups is 1. The fourth-order valence-electron chi connectivity index (χ4n) is 4.58. The first-order valence-electron chi connectivity index (χ1n) is 15.4. The molecule has 9 nitrogen and oxygen atoms in total. The summed E-state index contributed by atoms with van der Waals surface area (Å²) in [5.41, 5.74) is 0.230. The molecule has 0 saturated carbocycles. The van der Waals surface area contributed by atoms with E-state index in [-0.39, 0.29) is 17.1 Å². The van der Waals surface area contributed by atoms with Crippen LogP contribution in [0.25, 0.3) is 0 Å². The molecule has 0 heterocycles. The summed E-state index contributed by atoms with van der Waals surface area (Å²) in [7, 11) is 0. The van der Waals surface area contributed by atoms with Gasteiger partial charge in [0.05, 0.1) is 16.7 Å². The van der Waals surface area contributed by atoms with Gasteiger partial charge in [-0.25, -0.2) is 26.7 Å². The molecule has 0 aliphatic carbocycles. The van der Waals surface area contributed by atoms with E-state index in [1.54, 1.807) is 12.1 Å². The quantitative estimate of drug-likeness (QED) is 0.0141. The van der Waals surface area contributed by atoms with Crippen LogP contribution in [0.15, 0.2) is 83.0 Å². The highest BCUT2D eigenvalue weighted by Crippen LogP contribution is 2.33. The molecule has 4 aromatic carbocycles. The molecule has 4 rings (SSSR count). The molecular weight excluding hydrogens is 675 g/mol. The summed E-state index contributed by atoms with van der Waals surface area (Å²) >= 11 is 0. The molecule has 51 heavy (non-hydrogen) atoms. The van der Waals surface area contributed by atoms with Crippen LogP contribution in [0.3, 0.4) is 0 Å². The Labute approximate surface area is 289 Å². The highest BCUT2D eigenvalue weighted by Gasteiger charge is 2.30. The summed E-state index contributed by atoms with van der Waals surface area (Å²) in [5.74, 6) is -4.74. The molecule has 0 aliphatic rings. The largest absolute Gasteiger partial charge is 0.487 e. The zero-order valence-electron chi connectivity index (χ0n) is 26.9. The van der Waals surface area contributed by atoms with E-state index in [1.165, 1.54) is 6.07 Å². The number of non-ortho nitro benzene ring substituents is 1. The van der Waals surface area contributed by atoms with Crippen molar-refractivity contribution in [2.75, 3.05) is 31.2 Å². The van der Waals surface area contributed by atoms with Crippen molar-refractivity contribution in [2.24, 2.45) is 10.2 Å². The number of azo groups is 1. The Balaban J connectivity index is 1.40. The predicted molar refractivity (Wildman–Crippen MR) is 179 cm³/mol. The van der Waals surface area contributed by atoms with Gasteiger partial charge in [-0.3, -0.25) is 10.1 Å². The summed E-state index contributed by atoms with van der Waals surface area (Å²) in [5, 5.41) is 19.6. The van der Waals surface area contributed by atoms with Crippen LogP contribution in [0.1, 0.15) is 41.6 Å². The van der Waals surface area contributed by atoms with Crippen LogP contribution < -0.4 is 9.64 Å². The number of hydrogen-bond acceptors (Lipinski definition) is 8. The van der Waals surface area contributed by atoms with Crippen molar-refractivity contribution in [1.82, 2.24) is 0 Å². The Morgan fingerprint density at radius 3 is 2.12 bits per heavy atom. The zero-order chi connectivity index (χ0) is 36.8. The maximum absolute atomic E-state index is 13.9. The van der Waals surface area contributed by atoms with Gasteiger partial charge in [0.1, 0.15) is 24.5 Å². The minimum absolute atomic E-state index is 0.0447. The third kappa shape index (κ3) is 10.4. The molecule has 0 atom stereocenters. The van der Waals surface area contributed by atoms with Gasteiger partial charge < -0.3 is 14.4 Å². The number of carbonyl (C=O) groups is 1. The summed E-state index contributed by atoms with van der Waals surface area (Å²) in [6.07, 6.45) is 8.41. The second-order valence-corrected chi connectivity index (χ2v) is 10.6. The summed E-state index contributed by atoms with van der Waals surface area (Å²) < 4.78 is 78.1. The van der Waals surface area contributed by atoms with Gasteiger partial charge in [0.25, 0.3) is 5.69 Å². The maximum Gasteiger partial charge on any atom is 0.344 e. The van der Waals surface area contributed by atoms with Crippen molar-refractivity contribution < 1.29 is 41.1 Å². The smallest absolute Gasteiger partial charge is 0.344 e. The monoisotopic (exact) mass is 704 g/mol. The van der Waals surface area contributed by atoms with Crippen molar-refractivity contribution in [1.29, 1.82) is 0 Å². The molecule has 4 aromatic rings. The van der Waals surface area contributed by atoms with E-state index in [9.17, 15) is 36.9 Å². The highest BCUT2D eigenvalue weighted by atomic mass is 19.2. The second-order valence-electron chi connectivity index (χ2n) is 10.6. The molecule has 0 amide bonds. The number of hydrogen-bond donors (Lipinski definition) is 0. The van der Waals surface area contributed by atoms with Gasteiger partial charge in [-0.1, -0.05) is 30.0 Å². The molecule has 0 unspecified atom stereocenters. The van der Waals surface area contributed by atoms with Gasteiger partial charge in [0, 0.05) is 43.2 Å². The maximum atomic E-state index is 13.9. The average molecular weight is 705 g/mol. The van der Waals surface area contributed by atoms with E-state index in [4.69, 9.17) is 11.2 Å². The Kier molecular flexibility index (Phi) is 13.6. The molecule has 0 N–H and O–H groups in total. The topological polar surface area (TPSA) is 107 Å². The van der Waals surface area contributed by atoms with E-state index in [0.29, 0.717) is 18.5 Å². The Bertz CT molecular complexity index is 1960. The number of terminal acetylenes is 1. The van der Waals surface area contributed by atoms with Crippen molar-refractivity contribution in [3.63, 3.8) is 0 Å². The summed E-state index contributed by atoms with van der Waals surface area (Å²) in [6.45, 7) is 0.218. The van der Waals surface area contributed by atoms with Crippen molar-refractivity contribution in [3.05, 3.63) is 123 Å². The van der Waals surface area contributed by atoms with Crippen molar-refractivity contribution in [3.8, 4) is 29.9 Å². The third-order valence-electron chi connectivity index (χ3n) is 7.12. The minimum atomic E-state index is -2.43. The van der Waals surface area contributed by atoms with E-state index < -0.39 is 58.8 Å². The normalized spacial score (nSPS) is 10.7. The van der Waals surface area contributed by atoms with Gasteiger partial charge in [-0.05, 0) is 55.3 Å². The summed E-state index contributed by atoms with van der Waals surface area (Å²) in [6, 6.07) is 20.4. The number of nitrogens with zero attached hydrogens (tertiary/aromatic N) is 4. The Morgan fingerprint density at radius 1 is 0.824 bits per heavy atom. The number of ether oxygens (including phenoxy) is 2. The third-order valence-corrected chi connectivity index (χ3v) is 7.12. The van der Waals surface area contributed by atoms with E-state index in [2.05, 4.69) is 37.6 Å². The molecule has 14 heteroatoms. The zero-order valence-corrected chi connectivity index (χ0v) is 26.9. The fraction of sp³-hybridized carbons (Fsp3) is 0.216. The average Bonchev–Trinajstić information content (AvgIpc) is 3.14. The minimum Gasteiger partial charge on any atom is -0.487 e. The molecular formula is C37H29F5N4O5. The van der Waals surface area contributed by atoms with E-state index in [1.807, 2.05) is 42.5 Å². The second kappa shape index (κ2) is 18.5. The van der Waals surface area contributed by atoms with E-state index >= 15 is 0 Å². The van der Waals surface area contributed by atoms with Gasteiger partial charge in [-0.15, -0.1) is 17.5 Å². The predicted octanol–water partition coefficient (Wildman–Crippen LogP) is 8.99. The molecule has 0 saturated heterocycles. The lowest BCUT2D eigenvalue weighted by atomic mass is 10.1. The molecule has 0 radical (unpaired) electrons. The van der Waals surface area contributed by atoms with Crippen LogP contribution in [0, 0.1) is 63.4 Å². The van der Waals surface area contributed by atoms with Crippen molar-refractivity contribution >= 4 is 28.7 Å². The molecule has 262 valence electrons. The molecule has 0 fully saturated rings. The molecule has 0 bridgehead atoms. The van der Waals surface area contributed by atoms with Crippen LogP contribution in [0.2, 0.25) is 0 Å². The van der Waals surface area contributed by atoms with Crippen molar-refractivity contribution in [2.45, 2.75) is 25.7 Å². The van der Waals surface area contributed by atoms with Gasteiger partial charge in [0.15, 0.2) is 29.0 Å². The fourth-order valence-corrected chi connectivity index (χ4v) is 4.58. The van der Waals surface area contributed by atoms with Crippen LogP contribution in [0.4, 0.5) is 44.7 Å². The Morgan fingerprint density at radius 2 is 1.47 bits per heavy atom. The lowest BCUT2D eigenvalue weighted by Crippen LogP contribution is -2.25. The van der Waals surface area contributed by atoms with Crippen LogP contribution in [0.5, 0.6) is 5.75 Å². The number of benzene rings is 4. The van der Waals surface area contributed by atoms with Crippen LogP contribution in [-0.2, 0) is 4.74 Å². The first-order chi connectivity index (χ1) is 24.6. The highest BCUT2D eigenvalue weighted by molar-refractivity contribution is 5.90. The number of carbonyl (C=O) groups excluding carboxylic acids is 1. The lowest BCUT2D eigenvalue weighted by molar-refractivity contribution is -0.384. The standard InChI is InChI=1S/C37H29F5N4O5/c1-2-3-9-20-45(21-10-5-8-13-25-11-6-4-7-12-25)27-16-14-26(15-17-27)43-44-29-19-18-28(46(48)49)24-30(29)50-22-23-51-37(47)31-32(38)34(40)36(42)35(41)33(31)39/h1,4,6-7,11-12,14-19,24H,3,5,9-10,20-23H2. The summed E-state index contributed by atoms with van der Waals surface area (Å²) in [4.78, 5) is 24.9. The van der Waals surface area contributed by atoms with E-state index in [0.717, 1.165) is 49.3 Å². The Hall–Kier alpha value is -6.28.